The molecule has 1 amide bonds. The maximum absolute atomic E-state index is 11.7. The average molecular weight is 551 g/mol. The minimum Gasteiger partial charge on any atom is -0.494 e. The van der Waals surface area contributed by atoms with Crippen LogP contribution in [0.25, 0.3) is 0 Å². The number of rotatable bonds is 7. The molecule has 2 atom stereocenters. The predicted octanol–water partition coefficient (Wildman–Crippen LogP) is 1.59. The third-order valence-electron chi connectivity index (χ3n) is 5.62. The summed E-state index contributed by atoms with van der Waals surface area (Å²) in [5.41, 5.74) is 8.09. The molecule has 0 spiro atoms. The molecule has 4 rings (SSSR count). The highest BCUT2D eigenvalue weighted by Crippen LogP contribution is 2.28. The zero-order valence-corrected chi connectivity index (χ0v) is 23.2. The molecular formula is C25H37B2ClN2O8. The molecule has 0 bridgehead atoms. The van der Waals surface area contributed by atoms with E-state index < -0.39 is 32.0 Å². The van der Waals surface area contributed by atoms with E-state index in [4.69, 9.17) is 29.3 Å². The second-order valence-electron chi connectivity index (χ2n) is 9.46. The Hall–Kier alpha value is -2.47. The number of alkyl carbamates (subject to hydrolysis) is 1. The van der Waals surface area contributed by atoms with Crippen LogP contribution in [0.15, 0.2) is 36.4 Å². The van der Waals surface area contributed by atoms with Crippen molar-refractivity contribution in [2.24, 2.45) is 5.73 Å². The first kappa shape index (κ1) is 31.7. The summed E-state index contributed by atoms with van der Waals surface area (Å²) in [5.74, 6) is 1.28. The van der Waals surface area contributed by atoms with Gasteiger partial charge in [-0.05, 0) is 57.9 Å². The Morgan fingerprint density at radius 2 is 1.42 bits per heavy atom. The van der Waals surface area contributed by atoms with Crippen molar-refractivity contribution in [1.82, 2.24) is 5.32 Å². The second kappa shape index (κ2) is 14.1. The van der Waals surface area contributed by atoms with Crippen LogP contribution in [0.2, 0.25) is 0 Å². The minimum absolute atomic E-state index is 0. The molecule has 13 heteroatoms. The van der Waals surface area contributed by atoms with E-state index in [-0.39, 0.29) is 25.1 Å². The first-order chi connectivity index (χ1) is 17.6. The lowest BCUT2D eigenvalue weighted by atomic mass is 9.78. The van der Waals surface area contributed by atoms with Gasteiger partial charge in [-0.15, -0.1) is 12.4 Å². The van der Waals surface area contributed by atoms with Gasteiger partial charge in [0.05, 0.1) is 25.4 Å². The van der Waals surface area contributed by atoms with Gasteiger partial charge in [0.2, 0.25) is 0 Å². The van der Waals surface area contributed by atoms with Crippen LogP contribution in [-0.4, -0.2) is 62.3 Å². The molecule has 5 N–H and O–H groups in total. The lowest BCUT2D eigenvalue weighted by Gasteiger charge is -2.21. The third kappa shape index (κ3) is 7.78. The molecule has 10 nitrogen and oxygen atoms in total. The van der Waals surface area contributed by atoms with E-state index in [0.717, 1.165) is 16.6 Å². The molecule has 2 aliphatic rings. The van der Waals surface area contributed by atoms with Crippen molar-refractivity contribution in [3.63, 3.8) is 0 Å². The first-order valence-electron chi connectivity index (χ1n) is 12.4. The smallest absolute Gasteiger partial charge is 0.494 e. The van der Waals surface area contributed by atoms with Crippen LogP contribution in [0.4, 0.5) is 4.79 Å². The van der Waals surface area contributed by atoms with Crippen molar-refractivity contribution >= 4 is 43.7 Å². The molecule has 0 aliphatic carbocycles. The fraction of sp³-hybridized carbons (Fsp3) is 0.480. The highest BCUT2D eigenvalue weighted by Gasteiger charge is 2.38. The highest BCUT2D eigenvalue weighted by atomic mass is 35.5. The SMILES string of the molecule is CCOc1cccc2c1B(O)O[C@@H]2CN.CCOc1cccc2c1B(O)O[C@@H]2CNC(=O)OC(C)(C)C.Cl. The first-order valence-corrected chi connectivity index (χ1v) is 12.4. The fourth-order valence-corrected chi connectivity index (χ4v) is 4.20. The maximum Gasteiger partial charge on any atom is 0.495 e. The number of carbonyl (C=O) groups excluding carboxylic acids is 1. The van der Waals surface area contributed by atoms with E-state index in [2.05, 4.69) is 5.32 Å². The third-order valence-corrected chi connectivity index (χ3v) is 5.62. The summed E-state index contributed by atoms with van der Waals surface area (Å²) in [4.78, 5) is 11.7. The highest BCUT2D eigenvalue weighted by molar-refractivity contribution is 6.63. The fourth-order valence-electron chi connectivity index (χ4n) is 4.20. The van der Waals surface area contributed by atoms with Crippen LogP contribution >= 0.6 is 12.4 Å². The second-order valence-corrected chi connectivity index (χ2v) is 9.46. The monoisotopic (exact) mass is 550 g/mol. The summed E-state index contributed by atoms with van der Waals surface area (Å²) in [6.45, 7) is 10.8. The van der Waals surface area contributed by atoms with E-state index in [1.54, 1.807) is 26.8 Å². The number of benzene rings is 2. The van der Waals surface area contributed by atoms with Crippen LogP contribution < -0.4 is 31.4 Å². The molecule has 2 heterocycles. The van der Waals surface area contributed by atoms with Crippen LogP contribution in [0.1, 0.15) is 58.0 Å². The number of fused-ring (bicyclic) bond motifs is 2. The Balaban J connectivity index is 0.000000277. The molecular weight excluding hydrogens is 513 g/mol. The molecule has 0 unspecified atom stereocenters. The van der Waals surface area contributed by atoms with Gasteiger partial charge in [-0.3, -0.25) is 0 Å². The summed E-state index contributed by atoms with van der Waals surface area (Å²) in [6.07, 6.45) is -1.17. The molecule has 0 aromatic heterocycles. The number of hydrogen-bond acceptors (Lipinski definition) is 9. The van der Waals surface area contributed by atoms with Crippen LogP contribution in [0, 0.1) is 0 Å². The summed E-state index contributed by atoms with van der Waals surface area (Å²) >= 11 is 0. The van der Waals surface area contributed by atoms with Gasteiger partial charge in [0.25, 0.3) is 0 Å². The number of nitrogens with one attached hydrogen (secondary N) is 1. The largest absolute Gasteiger partial charge is 0.495 e. The average Bonchev–Trinajstić information content (AvgIpc) is 3.35. The Bertz CT molecular complexity index is 1070. The normalized spacial score (nSPS) is 17.5. The van der Waals surface area contributed by atoms with Crippen molar-refractivity contribution in [3.05, 3.63) is 47.5 Å². The number of hydrogen-bond donors (Lipinski definition) is 4. The van der Waals surface area contributed by atoms with Crippen molar-refractivity contribution < 1.29 is 38.4 Å². The number of carbonyl (C=O) groups is 1. The molecule has 0 saturated carbocycles. The molecule has 2 aromatic carbocycles. The van der Waals surface area contributed by atoms with E-state index >= 15 is 0 Å². The molecule has 0 radical (unpaired) electrons. The van der Waals surface area contributed by atoms with Crippen LogP contribution in [0.5, 0.6) is 11.5 Å². The Morgan fingerprint density at radius 3 is 1.87 bits per heavy atom. The van der Waals surface area contributed by atoms with Gasteiger partial charge in [-0.2, -0.15) is 0 Å². The van der Waals surface area contributed by atoms with Crippen LogP contribution in [0.3, 0.4) is 0 Å². The lowest BCUT2D eigenvalue weighted by molar-refractivity contribution is 0.0498. The molecule has 0 fully saturated rings. The summed E-state index contributed by atoms with van der Waals surface area (Å²) in [5, 5.41) is 22.5. The van der Waals surface area contributed by atoms with E-state index in [9.17, 15) is 14.8 Å². The predicted molar refractivity (Wildman–Crippen MR) is 149 cm³/mol. The van der Waals surface area contributed by atoms with Gasteiger partial charge in [0.15, 0.2) is 0 Å². The number of amides is 1. The van der Waals surface area contributed by atoms with Gasteiger partial charge in [0.1, 0.15) is 17.1 Å². The van der Waals surface area contributed by atoms with Gasteiger partial charge in [-0.25, -0.2) is 4.79 Å². The Kier molecular flexibility index (Phi) is 11.8. The number of nitrogens with two attached hydrogens (primary N) is 1. The maximum atomic E-state index is 11.7. The van der Waals surface area contributed by atoms with Gasteiger partial charge >= 0.3 is 20.3 Å². The van der Waals surface area contributed by atoms with Crippen LogP contribution in [-0.2, 0) is 14.0 Å². The minimum atomic E-state index is -1.05. The van der Waals surface area contributed by atoms with Crippen molar-refractivity contribution in [2.75, 3.05) is 26.3 Å². The summed E-state index contributed by atoms with van der Waals surface area (Å²) in [6, 6.07) is 11.1. The van der Waals surface area contributed by atoms with Crippen molar-refractivity contribution in [2.45, 2.75) is 52.4 Å². The summed E-state index contributed by atoms with van der Waals surface area (Å²) in [7, 11) is -1.97. The van der Waals surface area contributed by atoms with Crippen molar-refractivity contribution in [1.29, 1.82) is 0 Å². The topological polar surface area (TPSA) is 142 Å². The molecule has 2 aromatic rings. The number of halogens is 1. The van der Waals surface area contributed by atoms with Gasteiger partial charge < -0.3 is 44.6 Å². The van der Waals surface area contributed by atoms with E-state index in [1.165, 1.54) is 0 Å². The Morgan fingerprint density at radius 1 is 0.947 bits per heavy atom. The van der Waals surface area contributed by atoms with Gasteiger partial charge in [-0.1, -0.05) is 24.3 Å². The number of ether oxygens (including phenoxy) is 3. The quantitative estimate of drug-likeness (QED) is 0.378. The zero-order chi connectivity index (χ0) is 27.2. The van der Waals surface area contributed by atoms with E-state index in [0.29, 0.717) is 36.7 Å². The standard InChI is InChI=1S/C15H22BNO5.C10H14BNO3.ClH/c1-5-20-11-8-6-7-10-12(22-16(19)13(10)11)9-17-14(18)21-15(2,3)4;1-2-14-8-5-3-4-7-9(6-12)15-11(13)10(7)8;/h6-8,12,19H,5,9H2,1-4H3,(H,17,18);3-5,9,13H,2,6,12H2,1H3;1H/t12-;9-;/m11./s1. The molecule has 38 heavy (non-hydrogen) atoms. The molecule has 0 saturated heterocycles. The molecule has 208 valence electrons. The Labute approximate surface area is 230 Å². The van der Waals surface area contributed by atoms with Gasteiger partial charge in [0, 0.05) is 24.0 Å². The van der Waals surface area contributed by atoms with E-state index in [1.807, 2.05) is 44.2 Å². The lowest BCUT2D eigenvalue weighted by Crippen LogP contribution is -2.35. The zero-order valence-electron chi connectivity index (χ0n) is 22.4. The molecule has 2 aliphatic heterocycles. The van der Waals surface area contributed by atoms with Crippen molar-refractivity contribution in [3.8, 4) is 11.5 Å². The summed E-state index contributed by atoms with van der Waals surface area (Å²) < 4.78 is 26.9.